The first-order chi connectivity index (χ1) is 12.1. The van der Waals surface area contributed by atoms with Crippen molar-refractivity contribution in [1.82, 2.24) is 0 Å². The van der Waals surface area contributed by atoms with E-state index in [0.29, 0.717) is 10.6 Å². The monoisotopic (exact) mass is 356 g/mol. The Morgan fingerprint density at radius 3 is 2.96 bits per heavy atom. The molecule has 0 bridgehead atoms. The molecule has 1 aromatic carbocycles. The van der Waals surface area contributed by atoms with E-state index in [2.05, 4.69) is 29.4 Å². The Hall–Kier alpha value is -2.60. The van der Waals surface area contributed by atoms with Crippen molar-refractivity contribution in [1.29, 1.82) is 0 Å². The summed E-state index contributed by atoms with van der Waals surface area (Å²) in [5.74, 6) is -0.734. The van der Waals surface area contributed by atoms with Crippen LogP contribution in [0.15, 0.2) is 35.7 Å². The maximum absolute atomic E-state index is 12.1. The lowest BCUT2D eigenvalue weighted by Crippen LogP contribution is -2.24. The third kappa shape index (κ3) is 3.91. The molecule has 1 N–H and O–H groups in total. The highest BCUT2D eigenvalue weighted by molar-refractivity contribution is 7.14. The smallest absolute Gasteiger partial charge is 0.340 e. The van der Waals surface area contributed by atoms with Crippen LogP contribution in [-0.2, 0) is 16.0 Å². The molecule has 2 aromatic rings. The van der Waals surface area contributed by atoms with Gasteiger partial charge in [-0.25, -0.2) is 4.79 Å². The number of nitrogens with zero attached hydrogens (tertiary/aromatic N) is 1. The highest BCUT2D eigenvalue weighted by atomic mass is 32.1. The largest absolute Gasteiger partial charge is 0.465 e. The third-order valence-electron chi connectivity index (χ3n) is 4.19. The molecule has 1 aliphatic rings. The zero-order chi connectivity index (χ0) is 17.8. The number of nitrogens with one attached hydrogen (secondary N) is 1. The van der Waals surface area contributed by atoms with E-state index < -0.39 is 5.97 Å². The van der Waals surface area contributed by atoms with Crippen LogP contribution in [0, 0.1) is 0 Å². The lowest BCUT2D eigenvalue weighted by molar-refractivity contribution is -0.111. The molecule has 6 heteroatoms. The van der Waals surface area contributed by atoms with Gasteiger partial charge >= 0.3 is 5.97 Å². The summed E-state index contributed by atoms with van der Waals surface area (Å²) < 4.78 is 4.70. The highest BCUT2D eigenvalue weighted by Crippen LogP contribution is 2.27. The normalized spacial score (nSPS) is 13.6. The number of esters is 1. The number of thiophene rings is 1. The number of carbonyl (C=O) groups is 2. The summed E-state index contributed by atoms with van der Waals surface area (Å²) in [5.41, 5.74) is 3.92. The number of hydrogen-bond acceptors (Lipinski definition) is 5. The minimum Gasteiger partial charge on any atom is -0.465 e. The van der Waals surface area contributed by atoms with E-state index in [9.17, 15) is 9.59 Å². The van der Waals surface area contributed by atoms with Gasteiger partial charge in [-0.3, -0.25) is 4.79 Å². The Balaban J connectivity index is 1.69. The molecule has 0 fully saturated rings. The van der Waals surface area contributed by atoms with Crippen LogP contribution in [0.25, 0.3) is 6.08 Å². The van der Waals surface area contributed by atoms with Crippen LogP contribution in [0.2, 0.25) is 0 Å². The van der Waals surface area contributed by atoms with Gasteiger partial charge in [-0.1, -0.05) is 6.07 Å². The van der Waals surface area contributed by atoms with Crippen LogP contribution in [0.3, 0.4) is 0 Å². The van der Waals surface area contributed by atoms with E-state index in [0.717, 1.165) is 24.9 Å². The van der Waals surface area contributed by atoms with Crippen molar-refractivity contribution in [3.63, 3.8) is 0 Å². The van der Waals surface area contributed by atoms with Gasteiger partial charge in [0.2, 0.25) is 5.91 Å². The molecule has 1 amide bonds. The molecule has 130 valence electrons. The van der Waals surface area contributed by atoms with Crippen molar-refractivity contribution < 1.29 is 14.3 Å². The molecule has 0 radical (unpaired) electrons. The van der Waals surface area contributed by atoms with Gasteiger partial charge in [-0.2, -0.15) is 0 Å². The topological polar surface area (TPSA) is 58.6 Å². The molecule has 0 unspecified atom stereocenters. The SMILES string of the molecule is COC(=O)c1ccsc1NC(=O)C=Cc1ccc2c(c1)CCCN2C. The Bertz CT molecular complexity index is 826. The highest BCUT2D eigenvalue weighted by Gasteiger charge is 2.15. The number of anilines is 2. The fraction of sp³-hybridized carbons (Fsp3) is 0.263. The van der Waals surface area contributed by atoms with Gasteiger partial charge in [-0.15, -0.1) is 11.3 Å². The number of ether oxygens (including phenoxy) is 1. The van der Waals surface area contributed by atoms with Crippen LogP contribution in [0.4, 0.5) is 10.7 Å². The van der Waals surface area contributed by atoms with Crippen LogP contribution in [0.5, 0.6) is 0 Å². The number of amides is 1. The first kappa shape index (κ1) is 17.2. The number of fused-ring (bicyclic) bond motifs is 1. The molecule has 3 rings (SSSR count). The van der Waals surface area contributed by atoms with Crippen molar-refractivity contribution >= 4 is 40.0 Å². The predicted molar refractivity (Wildman–Crippen MR) is 101 cm³/mol. The average Bonchev–Trinajstić information content (AvgIpc) is 3.07. The van der Waals surface area contributed by atoms with Gasteiger partial charge in [-0.05, 0) is 53.6 Å². The van der Waals surface area contributed by atoms with Crippen molar-refractivity contribution in [2.45, 2.75) is 12.8 Å². The Labute approximate surface area is 150 Å². The van der Waals surface area contributed by atoms with Crippen molar-refractivity contribution in [3.05, 3.63) is 52.4 Å². The quantitative estimate of drug-likeness (QED) is 0.672. The number of rotatable bonds is 4. The molecule has 2 heterocycles. The van der Waals surface area contributed by atoms with Gasteiger partial charge in [0.1, 0.15) is 5.00 Å². The molecule has 1 aliphatic heterocycles. The maximum Gasteiger partial charge on any atom is 0.340 e. The van der Waals surface area contributed by atoms with Crippen LogP contribution in [-0.4, -0.2) is 32.6 Å². The number of methoxy groups -OCH3 is 1. The Morgan fingerprint density at radius 2 is 2.16 bits per heavy atom. The Kier molecular flexibility index (Phi) is 5.19. The zero-order valence-corrected chi connectivity index (χ0v) is 15.1. The minimum atomic E-state index is -0.459. The lowest BCUT2D eigenvalue weighted by atomic mass is 9.99. The predicted octanol–water partition coefficient (Wildman–Crippen LogP) is 3.57. The molecule has 0 aliphatic carbocycles. The molecule has 0 saturated heterocycles. The molecule has 0 saturated carbocycles. The van der Waals surface area contributed by atoms with Crippen LogP contribution < -0.4 is 10.2 Å². The number of aryl methyl sites for hydroxylation is 1. The lowest BCUT2D eigenvalue weighted by Gasteiger charge is -2.27. The van der Waals surface area contributed by atoms with Crippen LogP contribution >= 0.6 is 11.3 Å². The third-order valence-corrected chi connectivity index (χ3v) is 5.02. The summed E-state index contributed by atoms with van der Waals surface area (Å²) in [6.45, 7) is 1.08. The average molecular weight is 356 g/mol. The minimum absolute atomic E-state index is 0.276. The second-order valence-electron chi connectivity index (χ2n) is 5.89. The summed E-state index contributed by atoms with van der Waals surface area (Å²) in [6, 6.07) is 7.87. The standard InChI is InChI=1S/C19H20N2O3S/c1-21-10-3-4-14-12-13(5-7-16(14)21)6-8-17(22)20-18-15(9-11-25-18)19(23)24-2/h5-9,11-12H,3-4,10H2,1-2H3,(H,20,22). The van der Waals surface area contributed by atoms with E-state index in [1.165, 1.54) is 35.8 Å². The first-order valence-corrected chi connectivity index (χ1v) is 8.95. The second kappa shape index (κ2) is 7.53. The summed E-state index contributed by atoms with van der Waals surface area (Å²) in [5, 5.41) is 4.96. The van der Waals surface area contributed by atoms with E-state index >= 15 is 0 Å². The summed E-state index contributed by atoms with van der Waals surface area (Å²) in [4.78, 5) is 26.0. The molecule has 5 nitrogen and oxygen atoms in total. The van der Waals surface area contributed by atoms with Gasteiger partial charge in [0.05, 0.1) is 12.7 Å². The molecule has 0 atom stereocenters. The number of hydrogen-bond donors (Lipinski definition) is 1. The van der Waals surface area contributed by atoms with Crippen molar-refractivity contribution in [2.24, 2.45) is 0 Å². The summed E-state index contributed by atoms with van der Waals surface area (Å²) in [6.07, 6.45) is 5.47. The molecule has 1 aromatic heterocycles. The Morgan fingerprint density at radius 1 is 1.32 bits per heavy atom. The zero-order valence-electron chi connectivity index (χ0n) is 14.2. The molecule has 0 spiro atoms. The van der Waals surface area contributed by atoms with Gasteiger partial charge in [0.25, 0.3) is 0 Å². The first-order valence-electron chi connectivity index (χ1n) is 8.07. The summed E-state index contributed by atoms with van der Waals surface area (Å²) >= 11 is 1.29. The van der Waals surface area contributed by atoms with Crippen molar-refractivity contribution in [2.75, 3.05) is 30.9 Å². The van der Waals surface area contributed by atoms with Crippen LogP contribution in [0.1, 0.15) is 27.9 Å². The van der Waals surface area contributed by atoms with Gasteiger partial charge < -0.3 is 15.0 Å². The molecular weight excluding hydrogens is 336 g/mol. The van der Waals surface area contributed by atoms with E-state index in [1.54, 1.807) is 17.5 Å². The van der Waals surface area contributed by atoms with E-state index in [1.807, 2.05) is 6.07 Å². The molecular formula is C19H20N2O3S. The summed E-state index contributed by atoms with van der Waals surface area (Å²) in [7, 11) is 3.42. The van der Waals surface area contributed by atoms with Crippen molar-refractivity contribution in [3.8, 4) is 0 Å². The van der Waals surface area contributed by atoms with E-state index in [-0.39, 0.29) is 5.91 Å². The fourth-order valence-corrected chi connectivity index (χ4v) is 3.69. The van der Waals surface area contributed by atoms with E-state index in [4.69, 9.17) is 4.74 Å². The van der Waals surface area contributed by atoms with Gasteiger partial charge in [0.15, 0.2) is 0 Å². The molecule has 25 heavy (non-hydrogen) atoms. The van der Waals surface area contributed by atoms with Gasteiger partial charge in [0, 0.05) is 25.4 Å². The fourth-order valence-electron chi connectivity index (χ4n) is 2.91. The number of carbonyl (C=O) groups excluding carboxylic acids is 2. The maximum atomic E-state index is 12.1. The second-order valence-corrected chi connectivity index (χ2v) is 6.81. The number of benzene rings is 1.